The molecular formula is C12H18N4O3. The number of carbonyl (C=O) groups is 1. The van der Waals surface area contributed by atoms with E-state index in [-0.39, 0.29) is 11.7 Å². The molecule has 7 nitrogen and oxygen atoms in total. The predicted octanol–water partition coefficient (Wildman–Crippen LogP) is 0.530. The fraction of sp³-hybridized carbons (Fsp3) is 0.583. The van der Waals surface area contributed by atoms with Crippen LogP contribution < -0.4 is 10.2 Å². The van der Waals surface area contributed by atoms with Crippen LogP contribution in [0.5, 0.6) is 0 Å². The van der Waals surface area contributed by atoms with Gasteiger partial charge in [-0.05, 0) is 6.92 Å². The number of methoxy groups -OCH3 is 1. The van der Waals surface area contributed by atoms with E-state index in [0.29, 0.717) is 25.0 Å². The number of ether oxygens (including phenoxy) is 2. The minimum absolute atomic E-state index is 0.236. The average molecular weight is 266 g/mol. The van der Waals surface area contributed by atoms with Crippen LogP contribution in [0.3, 0.4) is 0 Å². The van der Waals surface area contributed by atoms with Gasteiger partial charge < -0.3 is 19.7 Å². The number of hydrogen-bond acceptors (Lipinski definition) is 7. The van der Waals surface area contributed by atoms with E-state index in [2.05, 4.69) is 15.3 Å². The standard InChI is InChI=1S/C12H18N4O3/c1-4-16(2)12-14-9(11(17)18-3)5-10(15-12)13-8-6-19-7-8/h5,8H,4,6-7H2,1-3H3,(H,13,14,15). The zero-order valence-corrected chi connectivity index (χ0v) is 11.3. The van der Waals surface area contributed by atoms with Gasteiger partial charge in [0.2, 0.25) is 5.95 Å². The third-order valence-corrected chi connectivity index (χ3v) is 2.91. The van der Waals surface area contributed by atoms with Crippen molar-refractivity contribution in [3.8, 4) is 0 Å². The molecule has 1 fully saturated rings. The van der Waals surface area contributed by atoms with Crippen molar-refractivity contribution in [2.75, 3.05) is 44.1 Å². The Morgan fingerprint density at radius 1 is 1.58 bits per heavy atom. The summed E-state index contributed by atoms with van der Waals surface area (Å²) in [5, 5.41) is 3.21. The molecule has 0 aromatic carbocycles. The Morgan fingerprint density at radius 2 is 2.32 bits per heavy atom. The molecule has 2 rings (SSSR count). The van der Waals surface area contributed by atoms with Crippen LogP contribution in [0.25, 0.3) is 0 Å². The normalized spacial score (nSPS) is 14.7. The summed E-state index contributed by atoms with van der Waals surface area (Å²) >= 11 is 0. The summed E-state index contributed by atoms with van der Waals surface area (Å²) in [6.07, 6.45) is 0. The zero-order chi connectivity index (χ0) is 13.8. The highest BCUT2D eigenvalue weighted by Crippen LogP contribution is 2.16. The predicted molar refractivity (Wildman–Crippen MR) is 70.5 cm³/mol. The van der Waals surface area contributed by atoms with Crippen molar-refractivity contribution in [3.05, 3.63) is 11.8 Å². The summed E-state index contributed by atoms with van der Waals surface area (Å²) in [6.45, 7) is 4.03. The molecule has 0 radical (unpaired) electrons. The number of carbonyl (C=O) groups excluding carboxylic acids is 1. The zero-order valence-electron chi connectivity index (χ0n) is 11.3. The van der Waals surface area contributed by atoms with Crippen molar-refractivity contribution < 1.29 is 14.3 Å². The number of rotatable bonds is 5. The van der Waals surface area contributed by atoms with E-state index < -0.39 is 5.97 Å². The minimum Gasteiger partial charge on any atom is -0.464 e. The fourth-order valence-corrected chi connectivity index (χ4v) is 1.56. The van der Waals surface area contributed by atoms with Crippen LogP contribution >= 0.6 is 0 Å². The van der Waals surface area contributed by atoms with Crippen LogP contribution in [-0.4, -0.2) is 55.9 Å². The van der Waals surface area contributed by atoms with Crippen molar-refractivity contribution in [1.82, 2.24) is 9.97 Å². The summed E-state index contributed by atoms with van der Waals surface area (Å²) in [5.41, 5.74) is 0.246. The van der Waals surface area contributed by atoms with E-state index in [0.717, 1.165) is 6.54 Å². The SMILES string of the molecule is CCN(C)c1nc(NC2COC2)cc(C(=O)OC)n1. The summed E-state index contributed by atoms with van der Waals surface area (Å²) in [5.74, 6) is 0.633. The quantitative estimate of drug-likeness (QED) is 0.779. The first-order valence-electron chi connectivity index (χ1n) is 6.16. The largest absolute Gasteiger partial charge is 0.464 e. The Balaban J connectivity index is 2.27. The van der Waals surface area contributed by atoms with Crippen LogP contribution in [0.15, 0.2) is 6.07 Å². The molecule has 19 heavy (non-hydrogen) atoms. The molecule has 0 amide bonds. The first-order valence-corrected chi connectivity index (χ1v) is 6.16. The van der Waals surface area contributed by atoms with Crippen LogP contribution in [0, 0.1) is 0 Å². The molecule has 1 aromatic rings. The van der Waals surface area contributed by atoms with Crippen LogP contribution in [0.4, 0.5) is 11.8 Å². The lowest BCUT2D eigenvalue weighted by atomic mass is 10.2. The highest BCUT2D eigenvalue weighted by Gasteiger charge is 2.20. The molecule has 1 aromatic heterocycles. The van der Waals surface area contributed by atoms with Gasteiger partial charge in [0.1, 0.15) is 5.82 Å². The maximum atomic E-state index is 11.6. The minimum atomic E-state index is -0.471. The van der Waals surface area contributed by atoms with Gasteiger partial charge in [-0.25, -0.2) is 9.78 Å². The summed E-state index contributed by atoms with van der Waals surface area (Å²) < 4.78 is 9.80. The number of nitrogens with zero attached hydrogens (tertiary/aromatic N) is 3. The molecule has 0 atom stereocenters. The smallest absolute Gasteiger partial charge is 0.356 e. The lowest BCUT2D eigenvalue weighted by Crippen LogP contribution is -2.40. The highest BCUT2D eigenvalue weighted by molar-refractivity contribution is 5.88. The molecule has 104 valence electrons. The van der Waals surface area contributed by atoms with Gasteiger partial charge in [-0.1, -0.05) is 0 Å². The van der Waals surface area contributed by atoms with Gasteiger partial charge in [0, 0.05) is 19.7 Å². The van der Waals surface area contributed by atoms with E-state index in [1.54, 1.807) is 6.07 Å². The monoisotopic (exact) mass is 266 g/mol. The Kier molecular flexibility index (Phi) is 4.16. The van der Waals surface area contributed by atoms with Crippen molar-refractivity contribution in [2.24, 2.45) is 0 Å². The maximum absolute atomic E-state index is 11.6. The lowest BCUT2D eigenvalue weighted by Gasteiger charge is -2.27. The highest BCUT2D eigenvalue weighted by atomic mass is 16.5. The Bertz CT molecular complexity index is 462. The molecule has 0 aliphatic carbocycles. The molecule has 0 saturated carbocycles. The Morgan fingerprint density at radius 3 is 2.84 bits per heavy atom. The van der Waals surface area contributed by atoms with Crippen molar-refractivity contribution in [2.45, 2.75) is 13.0 Å². The summed E-state index contributed by atoms with van der Waals surface area (Å²) in [6, 6.07) is 1.83. The van der Waals surface area contributed by atoms with E-state index in [1.165, 1.54) is 7.11 Å². The number of esters is 1. The number of nitrogens with one attached hydrogen (secondary N) is 1. The topological polar surface area (TPSA) is 76.6 Å². The molecular weight excluding hydrogens is 248 g/mol. The van der Waals surface area contributed by atoms with Gasteiger partial charge in [0.25, 0.3) is 0 Å². The number of hydrogen-bond donors (Lipinski definition) is 1. The first kappa shape index (κ1) is 13.5. The van der Waals surface area contributed by atoms with Crippen LogP contribution in [0.1, 0.15) is 17.4 Å². The fourth-order valence-electron chi connectivity index (χ4n) is 1.56. The second kappa shape index (κ2) is 5.83. The molecule has 1 aliphatic heterocycles. The molecule has 1 N–H and O–H groups in total. The maximum Gasteiger partial charge on any atom is 0.356 e. The third kappa shape index (κ3) is 3.11. The van der Waals surface area contributed by atoms with Gasteiger partial charge in [0.05, 0.1) is 26.4 Å². The third-order valence-electron chi connectivity index (χ3n) is 2.91. The van der Waals surface area contributed by atoms with Gasteiger partial charge in [-0.2, -0.15) is 4.98 Å². The Hall–Kier alpha value is -1.89. The van der Waals surface area contributed by atoms with E-state index in [9.17, 15) is 4.79 Å². The lowest BCUT2D eigenvalue weighted by molar-refractivity contribution is 0.0209. The number of anilines is 2. The molecule has 1 aliphatic rings. The average Bonchev–Trinajstić information content (AvgIpc) is 2.40. The van der Waals surface area contributed by atoms with Crippen LogP contribution in [-0.2, 0) is 9.47 Å². The van der Waals surface area contributed by atoms with Gasteiger partial charge in [-0.3, -0.25) is 0 Å². The molecule has 0 bridgehead atoms. The Labute approximate surface area is 111 Å². The van der Waals surface area contributed by atoms with E-state index >= 15 is 0 Å². The summed E-state index contributed by atoms with van der Waals surface area (Å²) in [7, 11) is 3.20. The molecule has 2 heterocycles. The van der Waals surface area contributed by atoms with Gasteiger partial charge in [-0.15, -0.1) is 0 Å². The van der Waals surface area contributed by atoms with Gasteiger partial charge in [0.15, 0.2) is 5.69 Å². The van der Waals surface area contributed by atoms with Crippen molar-refractivity contribution >= 4 is 17.7 Å². The van der Waals surface area contributed by atoms with Crippen molar-refractivity contribution in [1.29, 1.82) is 0 Å². The second-order valence-corrected chi connectivity index (χ2v) is 4.32. The van der Waals surface area contributed by atoms with Crippen molar-refractivity contribution in [3.63, 3.8) is 0 Å². The molecule has 0 unspecified atom stereocenters. The van der Waals surface area contributed by atoms with E-state index in [4.69, 9.17) is 9.47 Å². The van der Waals surface area contributed by atoms with E-state index in [1.807, 2.05) is 18.9 Å². The van der Waals surface area contributed by atoms with Gasteiger partial charge >= 0.3 is 5.97 Å². The molecule has 7 heteroatoms. The summed E-state index contributed by atoms with van der Waals surface area (Å²) in [4.78, 5) is 22.0. The van der Waals surface area contributed by atoms with Crippen LogP contribution in [0.2, 0.25) is 0 Å². The number of aromatic nitrogens is 2. The molecule has 0 spiro atoms. The second-order valence-electron chi connectivity index (χ2n) is 4.32. The first-order chi connectivity index (χ1) is 9.13. The molecule has 1 saturated heterocycles.